The number of hydrogen-bond acceptors (Lipinski definition) is 11. The first kappa shape index (κ1) is 32.6. The number of nitrogens with one attached hydrogen (secondary N) is 1. The SMILES string of the molecule is CN(CC(O)[C@@H](O)[C@@H](O)Cn1cnc2c(NC3CCCC3)nc(Cl)nc21)C(=O)CP(=O)(Oc1ccccc1)Oc1ccccc1. The van der Waals surface area contributed by atoms with Crippen LogP contribution in [0.2, 0.25) is 5.28 Å². The summed E-state index contributed by atoms with van der Waals surface area (Å²) in [5, 5.41) is 35.7. The Kier molecular flexibility index (Phi) is 10.6. The van der Waals surface area contributed by atoms with E-state index in [1.165, 1.54) is 17.9 Å². The summed E-state index contributed by atoms with van der Waals surface area (Å²) in [6, 6.07) is 16.9. The van der Waals surface area contributed by atoms with Crippen molar-refractivity contribution in [3.8, 4) is 11.5 Å². The minimum Gasteiger partial charge on any atom is -0.416 e. The Balaban J connectivity index is 1.21. The molecule has 5 rings (SSSR count). The van der Waals surface area contributed by atoms with Crippen molar-refractivity contribution in [3.63, 3.8) is 0 Å². The van der Waals surface area contributed by atoms with Crippen molar-refractivity contribution in [1.29, 1.82) is 0 Å². The van der Waals surface area contributed by atoms with E-state index in [9.17, 15) is 24.7 Å². The third-order valence-electron chi connectivity index (χ3n) is 7.50. The third kappa shape index (κ3) is 8.50. The van der Waals surface area contributed by atoms with E-state index >= 15 is 0 Å². The van der Waals surface area contributed by atoms with Crippen LogP contribution in [0.3, 0.4) is 0 Å². The molecule has 0 aliphatic heterocycles. The van der Waals surface area contributed by atoms with Crippen molar-refractivity contribution in [2.45, 2.75) is 56.6 Å². The number of amides is 1. The van der Waals surface area contributed by atoms with Gasteiger partial charge in [0.25, 0.3) is 0 Å². The van der Waals surface area contributed by atoms with E-state index < -0.39 is 38.0 Å². The molecule has 4 aromatic rings. The molecule has 3 atom stereocenters. The molecule has 1 fully saturated rings. The molecule has 4 N–H and O–H groups in total. The first-order valence-corrected chi connectivity index (χ1v) is 16.7. The average molecular weight is 659 g/mol. The summed E-state index contributed by atoms with van der Waals surface area (Å²) in [5.74, 6) is 0.340. The molecule has 1 amide bonds. The molecule has 2 aromatic carbocycles. The largest absolute Gasteiger partial charge is 0.440 e. The number of para-hydroxylation sites is 2. The fraction of sp³-hybridized carbons (Fsp3) is 0.400. The highest BCUT2D eigenvalue weighted by Gasteiger charge is 2.35. The van der Waals surface area contributed by atoms with Crippen molar-refractivity contribution in [3.05, 3.63) is 72.3 Å². The molecule has 1 aliphatic carbocycles. The fourth-order valence-corrected chi connectivity index (χ4v) is 6.91. The zero-order valence-electron chi connectivity index (χ0n) is 24.6. The molecular weight excluding hydrogens is 623 g/mol. The van der Waals surface area contributed by atoms with E-state index in [1.807, 2.05) is 0 Å². The molecule has 240 valence electrons. The Bertz CT molecular complexity index is 1580. The molecule has 2 aromatic heterocycles. The van der Waals surface area contributed by atoms with Crippen LogP contribution in [-0.2, 0) is 15.9 Å². The zero-order valence-corrected chi connectivity index (χ0v) is 26.3. The molecule has 1 aliphatic rings. The van der Waals surface area contributed by atoms with Gasteiger partial charge in [0.1, 0.15) is 29.8 Å². The first-order chi connectivity index (χ1) is 21.6. The average Bonchev–Trinajstić information content (AvgIpc) is 3.67. The van der Waals surface area contributed by atoms with Gasteiger partial charge in [0.15, 0.2) is 23.1 Å². The van der Waals surface area contributed by atoms with Gasteiger partial charge in [-0.3, -0.25) is 4.79 Å². The number of aliphatic hydroxyl groups is 3. The molecule has 1 unspecified atom stereocenters. The van der Waals surface area contributed by atoms with Crippen LogP contribution < -0.4 is 14.4 Å². The Morgan fingerprint density at radius 2 is 1.62 bits per heavy atom. The van der Waals surface area contributed by atoms with Crippen molar-refractivity contribution >= 4 is 42.1 Å². The van der Waals surface area contributed by atoms with Crippen molar-refractivity contribution in [1.82, 2.24) is 24.4 Å². The third-order valence-corrected chi connectivity index (χ3v) is 9.30. The summed E-state index contributed by atoms with van der Waals surface area (Å²) >= 11 is 6.18. The number of aromatic nitrogens is 4. The second-order valence-corrected chi connectivity index (χ2v) is 13.3. The van der Waals surface area contributed by atoms with E-state index in [0.717, 1.165) is 30.6 Å². The molecule has 0 radical (unpaired) electrons. The van der Waals surface area contributed by atoms with Crippen molar-refractivity contribution in [2.75, 3.05) is 25.1 Å². The van der Waals surface area contributed by atoms with Gasteiger partial charge in [-0.1, -0.05) is 49.2 Å². The lowest BCUT2D eigenvalue weighted by Gasteiger charge is -2.28. The molecule has 0 bridgehead atoms. The molecule has 13 nitrogen and oxygen atoms in total. The number of benzene rings is 2. The molecule has 0 saturated heterocycles. The van der Waals surface area contributed by atoms with Gasteiger partial charge in [-0.15, -0.1) is 0 Å². The van der Waals surface area contributed by atoms with Gasteiger partial charge in [-0.05, 0) is 48.7 Å². The molecule has 45 heavy (non-hydrogen) atoms. The van der Waals surface area contributed by atoms with Crippen LogP contribution in [-0.4, -0.2) is 89.8 Å². The summed E-state index contributed by atoms with van der Waals surface area (Å²) in [7, 11) is -2.69. The second-order valence-electron chi connectivity index (χ2n) is 11.0. The summed E-state index contributed by atoms with van der Waals surface area (Å²) < 4.78 is 26.6. The van der Waals surface area contributed by atoms with Crippen molar-refractivity contribution in [2.24, 2.45) is 0 Å². The quantitative estimate of drug-likeness (QED) is 0.115. The topological polar surface area (TPSA) is 172 Å². The summed E-state index contributed by atoms with van der Waals surface area (Å²) in [4.78, 5) is 27.2. The molecule has 0 spiro atoms. The van der Waals surface area contributed by atoms with Crippen LogP contribution in [0.15, 0.2) is 67.0 Å². The van der Waals surface area contributed by atoms with Crippen LogP contribution in [0.4, 0.5) is 5.82 Å². The number of hydrogen-bond donors (Lipinski definition) is 4. The predicted octanol–water partition coefficient (Wildman–Crippen LogP) is 3.73. The number of anilines is 1. The lowest BCUT2D eigenvalue weighted by Crippen LogP contribution is -2.47. The lowest BCUT2D eigenvalue weighted by atomic mass is 10.1. The van der Waals surface area contributed by atoms with E-state index in [-0.39, 0.29) is 35.9 Å². The Morgan fingerprint density at radius 1 is 1.02 bits per heavy atom. The maximum absolute atomic E-state index is 13.7. The maximum Gasteiger partial charge on any atom is 0.440 e. The van der Waals surface area contributed by atoms with E-state index in [2.05, 4.69) is 20.3 Å². The number of halogens is 1. The minimum atomic E-state index is -4.06. The van der Waals surface area contributed by atoms with Crippen LogP contribution in [0, 0.1) is 0 Å². The smallest absolute Gasteiger partial charge is 0.416 e. The normalized spacial score (nSPS) is 15.8. The number of carbonyl (C=O) groups excluding carboxylic acids is 1. The van der Waals surface area contributed by atoms with Crippen LogP contribution >= 0.6 is 19.2 Å². The summed E-state index contributed by atoms with van der Waals surface area (Å²) in [6.45, 7) is -0.546. The Hall–Kier alpha value is -3.74. The number of rotatable bonds is 14. The minimum absolute atomic E-state index is 0.00438. The standard InChI is InChI=1S/C30H36ClN6O7P/c1-36(25(40)18-45(42,43-21-12-4-2-5-13-21)44-22-14-6-3-7-15-22)16-23(38)27(41)24(39)17-37-19-32-26-28(33-20-10-8-9-11-20)34-30(31)35-29(26)37/h2-7,12-15,19-20,23-24,27,38-39,41H,8-11,16-18H2,1H3,(H,33,34,35)/t23?,24-,27+/m0/s1. The number of nitrogens with zero attached hydrogens (tertiary/aromatic N) is 5. The Morgan fingerprint density at radius 3 is 2.22 bits per heavy atom. The van der Waals surface area contributed by atoms with Gasteiger partial charge in [0.2, 0.25) is 11.2 Å². The highest BCUT2D eigenvalue weighted by atomic mass is 35.5. The van der Waals surface area contributed by atoms with Gasteiger partial charge in [0, 0.05) is 19.6 Å². The number of aliphatic hydroxyl groups excluding tert-OH is 3. The lowest BCUT2D eigenvalue weighted by molar-refractivity contribution is -0.131. The molecule has 15 heteroatoms. The van der Waals surface area contributed by atoms with Gasteiger partial charge in [-0.25, -0.2) is 9.55 Å². The van der Waals surface area contributed by atoms with Crippen molar-refractivity contribution < 1.29 is 33.7 Å². The fourth-order valence-electron chi connectivity index (χ4n) is 5.13. The summed E-state index contributed by atoms with van der Waals surface area (Å²) in [5.41, 5.74) is 0.829. The highest BCUT2D eigenvalue weighted by Crippen LogP contribution is 2.48. The summed E-state index contributed by atoms with van der Waals surface area (Å²) in [6.07, 6.45) is 0.428. The molecule has 1 saturated carbocycles. The van der Waals surface area contributed by atoms with E-state index in [4.69, 9.17) is 20.6 Å². The van der Waals surface area contributed by atoms with E-state index in [0.29, 0.717) is 17.0 Å². The van der Waals surface area contributed by atoms with Gasteiger partial charge in [-0.2, -0.15) is 9.97 Å². The number of fused-ring (bicyclic) bond motifs is 1. The Labute approximate surface area is 265 Å². The second kappa shape index (κ2) is 14.6. The van der Waals surface area contributed by atoms with Gasteiger partial charge in [0.05, 0.1) is 12.9 Å². The van der Waals surface area contributed by atoms with Gasteiger partial charge >= 0.3 is 7.60 Å². The monoisotopic (exact) mass is 658 g/mol. The zero-order chi connectivity index (χ0) is 32.0. The van der Waals surface area contributed by atoms with Crippen LogP contribution in [0.25, 0.3) is 11.2 Å². The molecular formula is C30H36ClN6O7P. The van der Waals surface area contributed by atoms with Crippen LogP contribution in [0.5, 0.6) is 11.5 Å². The predicted molar refractivity (Wildman–Crippen MR) is 168 cm³/mol. The molecule has 2 heterocycles. The van der Waals surface area contributed by atoms with E-state index in [1.54, 1.807) is 60.7 Å². The maximum atomic E-state index is 13.7. The first-order valence-electron chi connectivity index (χ1n) is 14.6. The number of imidazole rings is 1. The highest BCUT2D eigenvalue weighted by molar-refractivity contribution is 7.55. The van der Waals surface area contributed by atoms with Crippen LogP contribution in [0.1, 0.15) is 25.7 Å². The number of likely N-dealkylation sites (N-methyl/N-ethyl adjacent to an activating group) is 1. The number of carbonyl (C=O) groups is 1. The van der Waals surface area contributed by atoms with Gasteiger partial charge < -0.3 is 39.2 Å².